The van der Waals surface area contributed by atoms with E-state index in [1.807, 2.05) is 0 Å². The van der Waals surface area contributed by atoms with Crippen LogP contribution >= 0.6 is 15.9 Å². The lowest BCUT2D eigenvalue weighted by Crippen LogP contribution is -2.17. The summed E-state index contributed by atoms with van der Waals surface area (Å²) in [6.45, 7) is 0. The minimum atomic E-state index is -0.0538. The number of halogens is 1. The Morgan fingerprint density at radius 1 is 1.50 bits per heavy atom. The van der Waals surface area contributed by atoms with Gasteiger partial charge in [0.25, 0.3) is 5.56 Å². The van der Waals surface area contributed by atoms with Gasteiger partial charge in [-0.05, 0) is 15.9 Å². The molecule has 0 aliphatic carbocycles. The highest BCUT2D eigenvalue weighted by atomic mass is 79.9. The molecule has 0 aliphatic rings. The highest BCUT2D eigenvalue weighted by Crippen LogP contribution is 2.10. The SMILES string of the molecule is Cn1ccn2cnc(Br)c2c1=O. The number of aromatic nitrogens is 3. The molecule has 0 atom stereocenters. The van der Waals surface area contributed by atoms with E-state index in [0.29, 0.717) is 10.1 Å². The third kappa shape index (κ3) is 0.896. The number of nitrogens with zero attached hydrogens (tertiary/aromatic N) is 3. The first kappa shape index (κ1) is 7.54. The van der Waals surface area contributed by atoms with Crippen LogP contribution in [0.2, 0.25) is 0 Å². The summed E-state index contributed by atoms with van der Waals surface area (Å²) in [5, 5.41) is 0. The molecule has 2 rings (SSSR count). The Bertz CT molecular complexity index is 485. The van der Waals surface area contributed by atoms with Crippen LogP contribution in [0.15, 0.2) is 28.1 Å². The molecule has 0 saturated carbocycles. The van der Waals surface area contributed by atoms with Crippen LogP contribution in [-0.4, -0.2) is 14.0 Å². The summed E-state index contributed by atoms with van der Waals surface area (Å²) in [7, 11) is 1.71. The van der Waals surface area contributed by atoms with Gasteiger partial charge < -0.3 is 4.57 Å². The monoisotopic (exact) mass is 227 g/mol. The molecule has 5 heteroatoms. The van der Waals surface area contributed by atoms with Crippen molar-refractivity contribution in [3.63, 3.8) is 0 Å². The average Bonchev–Trinajstić information content (AvgIpc) is 2.41. The Morgan fingerprint density at radius 3 is 3.00 bits per heavy atom. The van der Waals surface area contributed by atoms with Crippen molar-refractivity contribution in [2.45, 2.75) is 0 Å². The van der Waals surface area contributed by atoms with Gasteiger partial charge in [0.1, 0.15) is 16.4 Å². The predicted molar refractivity (Wildman–Crippen MR) is 48.1 cm³/mol. The van der Waals surface area contributed by atoms with Crippen molar-refractivity contribution in [1.82, 2.24) is 14.0 Å². The maximum absolute atomic E-state index is 11.5. The molecule has 4 nitrogen and oxygen atoms in total. The van der Waals surface area contributed by atoms with Crippen molar-refractivity contribution in [2.75, 3.05) is 0 Å². The molecule has 0 unspecified atom stereocenters. The maximum Gasteiger partial charge on any atom is 0.277 e. The molecule has 0 fully saturated rings. The number of hydrogen-bond acceptors (Lipinski definition) is 2. The second-order valence-corrected chi connectivity index (χ2v) is 3.26. The van der Waals surface area contributed by atoms with Crippen molar-refractivity contribution < 1.29 is 0 Å². The van der Waals surface area contributed by atoms with Gasteiger partial charge in [-0.1, -0.05) is 0 Å². The number of fused-ring (bicyclic) bond motifs is 1. The molecule has 0 amide bonds. The van der Waals surface area contributed by atoms with Gasteiger partial charge in [-0.25, -0.2) is 4.98 Å². The molecule has 2 aromatic heterocycles. The van der Waals surface area contributed by atoms with Crippen LogP contribution in [0.5, 0.6) is 0 Å². The lowest BCUT2D eigenvalue weighted by molar-refractivity contribution is 0.846. The third-order valence-corrected chi connectivity index (χ3v) is 2.30. The normalized spacial score (nSPS) is 10.8. The van der Waals surface area contributed by atoms with Gasteiger partial charge in [0, 0.05) is 19.4 Å². The first-order valence-electron chi connectivity index (χ1n) is 3.38. The fraction of sp³-hybridized carbons (Fsp3) is 0.143. The van der Waals surface area contributed by atoms with E-state index < -0.39 is 0 Å². The summed E-state index contributed by atoms with van der Waals surface area (Å²) in [5.41, 5.74) is 0.516. The molecule has 0 spiro atoms. The lowest BCUT2D eigenvalue weighted by Gasteiger charge is -1.96. The van der Waals surface area contributed by atoms with Gasteiger partial charge in [-0.15, -0.1) is 0 Å². The lowest BCUT2D eigenvalue weighted by atomic mass is 10.5. The molecular weight excluding hydrogens is 222 g/mol. The minimum absolute atomic E-state index is 0.0538. The van der Waals surface area contributed by atoms with E-state index in [-0.39, 0.29) is 5.56 Å². The van der Waals surface area contributed by atoms with Gasteiger partial charge in [-0.3, -0.25) is 9.20 Å². The van der Waals surface area contributed by atoms with Crippen molar-refractivity contribution in [1.29, 1.82) is 0 Å². The van der Waals surface area contributed by atoms with E-state index in [9.17, 15) is 4.79 Å². The Balaban J connectivity index is 3.06. The second kappa shape index (κ2) is 2.45. The quantitative estimate of drug-likeness (QED) is 0.668. The molecule has 0 bridgehead atoms. The summed E-state index contributed by atoms with van der Waals surface area (Å²) >= 11 is 3.21. The summed E-state index contributed by atoms with van der Waals surface area (Å²) in [4.78, 5) is 15.4. The number of imidazole rings is 1. The van der Waals surface area contributed by atoms with Gasteiger partial charge in [0.15, 0.2) is 0 Å². The van der Waals surface area contributed by atoms with Crippen molar-refractivity contribution >= 4 is 21.4 Å². The van der Waals surface area contributed by atoms with Crippen LogP contribution in [0, 0.1) is 0 Å². The third-order valence-electron chi connectivity index (χ3n) is 1.72. The predicted octanol–water partition coefficient (Wildman–Crippen LogP) is 0.795. The summed E-state index contributed by atoms with van der Waals surface area (Å²) in [5.74, 6) is 0. The molecule has 0 saturated heterocycles. The highest BCUT2D eigenvalue weighted by molar-refractivity contribution is 9.10. The molecule has 2 aromatic rings. The summed E-state index contributed by atoms with van der Waals surface area (Å²) in [6, 6.07) is 0. The molecule has 12 heavy (non-hydrogen) atoms. The van der Waals surface area contributed by atoms with Crippen LogP contribution in [0.3, 0.4) is 0 Å². The standard InChI is InChI=1S/C7H6BrN3O/c1-10-2-3-11-4-9-6(8)5(11)7(10)12/h2-4H,1H3. The maximum atomic E-state index is 11.5. The molecule has 0 radical (unpaired) electrons. The fourth-order valence-corrected chi connectivity index (χ4v) is 1.52. The Hall–Kier alpha value is -1.10. The van der Waals surface area contributed by atoms with Gasteiger partial charge >= 0.3 is 0 Å². The van der Waals surface area contributed by atoms with Gasteiger partial charge in [-0.2, -0.15) is 0 Å². The first-order chi connectivity index (χ1) is 5.70. The molecule has 0 aromatic carbocycles. The average molecular weight is 228 g/mol. The Morgan fingerprint density at radius 2 is 2.25 bits per heavy atom. The summed E-state index contributed by atoms with van der Waals surface area (Å²) in [6.07, 6.45) is 5.08. The van der Waals surface area contributed by atoms with E-state index in [2.05, 4.69) is 20.9 Å². The van der Waals surface area contributed by atoms with Crippen LogP contribution in [-0.2, 0) is 7.05 Å². The van der Waals surface area contributed by atoms with Crippen LogP contribution in [0.1, 0.15) is 0 Å². The van der Waals surface area contributed by atoms with E-state index in [1.165, 1.54) is 4.57 Å². The van der Waals surface area contributed by atoms with Crippen LogP contribution < -0.4 is 5.56 Å². The van der Waals surface area contributed by atoms with Crippen molar-refractivity contribution in [3.05, 3.63) is 33.7 Å². The minimum Gasteiger partial charge on any atom is -0.315 e. The highest BCUT2D eigenvalue weighted by Gasteiger charge is 2.05. The molecule has 0 aliphatic heterocycles. The zero-order valence-electron chi connectivity index (χ0n) is 6.36. The fourth-order valence-electron chi connectivity index (χ4n) is 1.06. The van der Waals surface area contributed by atoms with E-state index in [0.717, 1.165) is 0 Å². The topological polar surface area (TPSA) is 39.3 Å². The van der Waals surface area contributed by atoms with E-state index in [1.54, 1.807) is 30.2 Å². The van der Waals surface area contributed by atoms with Gasteiger partial charge in [0.2, 0.25) is 0 Å². The summed E-state index contributed by atoms with van der Waals surface area (Å²) < 4.78 is 3.79. The van der Waals surface area contributed by atoms with Crippen molar-refractivity contribution in [3.8, 4) is 0 Å². The van der Waals surface area contributed by atoms with E-state index >= 15 is 0 Å². The van der Waals surface area contributed by atoms with Crippen LogP contribution in [0.25, 0.3) is 5.52 Å². The number of rotatable bonds is 0. The Kier molecular flexibility index (Phi) is 1.54. The zero-order valence-corrected chi connectivity index (χ0v) is 7.95. The number of aryl methyl sites for hydroxylation is 1. The first-order valence-corrected chi connectivity index (χ1v) is 4.17. The molecule has 2 heterocycles. The molecule has 0 N–H and O–H groups in total. The van der Waals surface area contributed by atoms with Crippen molar-refractivity contribution in [2.24, 2.45) is 7.05 Å². The Labute approximate surface area is 76.6 Å². The van der Waals surface area contributed by atoms with E-state index in [4.69, 9.17) is 0 Å². The second-order valence-electron chi connectivity index (χ2n) is 2.51. The van der Waals surface area contributed by atoms with Gasteiger partial charge in [0.05, 0.1) is 0 Å². The van der Waals surface area contributed by atoms with Crippen LogP contribution in [0.4, 0.5) is 0 Å². The molecular formula is C7H6BrN3O. The largest absolute Gasteiger partial charge is 0.315 e. The zero-order chi connectivity index (χ0) is 8.72. The molecule has 62 valence electrons. The smallest absolute Gasteiger partial charge is 0.277 e. The number of hydrogen-bond donors (Lipinski definition) is 0.